The van der Waals surface area contributed by atoms with Crippen LogP contribution in [0.1, 0.15) is 63.9 Å². The first-order chi connectivity index (χ1) is 8.65. The van der Waals surface area contributed by atoms with Gasteiger partial charge in [-0.1, -0.05) is 52.0 Å². The van der Waals surface area contributed by atoms with E-state index in [2.05, 4.69) is 20.8 Å². The summed E-state index contributed by atoms with van der Waals surface area (Å²) in [5, 5.41) is 0. The minimum absolute atomic E-state index is 0.0973. The number of benzene rings is 1. The van der Waals surface area contributed by atoms with Gasteiger partial charge in [0, 0.05) is 11.0 Å². The predicted octanol–water partition coefficient (Wildman–Crippen LogP) is 4.62. The SMILES string of the molecule is CCC(C)(C)OCc1ccc(C(=O)C(C)(C)C)cc1. The molecule has 0 aromatic heterocycles. The van der Waals surface area contributed by atoms with Crippen molar-refractivity contribution in [3.05, 3.63) is 35.4 Å². The molecular weight excluding hydrogens is 236 g/mol. The van der Waals surface area contributed by atoms with Gasteiger partial charge < -0.3 is 4.74 Å². The number of carbonyl (C=O) groups is 1. The predicted molar refractivity (Wildman–Crippen MR) is 79.4 cm³/mol. The summed E-state index contributed by atoms with van der Waals surface area (Å²) in [6.07, 6.45) is 0.980. The van der Waals surface area contributed by atoms with Crippen LogP contribution in [0, 0.1) is 5.41 Å². The lowest BCUT2D eigenvalue weighted by Gasteiger charge is -2.23. The Kier molecular flexibility index (Phi) is 4.92. The van der Waals surface area contributed by atoms with Gasteiger partial charge in [0.15, 0.2) is 5.78 Å². The quantitative estimate of drug-likeness (QED) is 0.724. The molecule has 0 aliphatic rings. The van der Waals surface area contributed by atoms with Crippen LogP contribution in [0.2, 0.25) is 0 Å². The fraction of sp³-hybridized carbons (Fsp3) is 0.588. The van der Waals surface area contributed by atoms with Crippen molar-refractivity contribution in [3.8, 4) is 0 Å². The Morgan fingerprint density at radius 3 is 2.00 bits per heavy atom. The summed E-state index contributed by atoms with van der Waals surface area (Å²) in [5.41, 5.74) is 1.44. The third kappa shape index (κ3) is 4.79. The molecule has 0 saturated carbocycles. The van der Waals surface area contributed by atoms with Crippen LogP contribution in [0.4, 0.5) is 0 Å². The highest BCUT2D eigenvalue weighted by Gasteiger charge is 2.22. The van der Waals surface area contributed by atoms with E-state index in [1.807, 2.05) is 45.0 Å². The molecule has 0 fully saturated rings. The number of Topliss-reactive ketones (excluding diaryl/α,β-unsaturated/α-hetero) is 1. The van der Waals surface area contributed by atoms with E-state index in [0.717, 1.165) is 17.5 Å². The van der Waals surface area contributed by atoms with Crippen LogP contribution < -0.4 is 0 Å². The van der Waals surface area contributed by atoms with Gasteiger partial charge in [-0.15, -0.1) is 0 Å². The molecule has 1 aromatic rings. The van der Waals surface area contributed by atoms with Crippen molar-refractivity contribution in [2.75, 3.05) is 0 Å². The van der Waals surface area contributed by atoms with Crippen molar-refractivity contribution in [1.82, 2.24) is 0 Å². The number of carbonyl (C=O) groups excluding carboxylic acids is 1. The molecule has 0 radical (unpaired) electrons. The van der Waals surface area contributed by atoms with Crippen molar-refractivity contribution in [2.24, 2.45) is 5.41 Å². The Hall–Kier alpha value is -1.15. The largest absolute Gasteiger partial charge is 0.371 e. The van der Waals surface area contributed by atoms with Gasteiger partial charge in [0.2, 0.25) is 0 Å². The van der Waals surface area contributed by atoms with Crippen molar-refractivity contribution >= 4 is 5.78 Å². The number of rotatable bonds is 5. The van der Waals surface area contributed by atoms with Crippen molar-refractivity contribution in [1.29, 1.82) is 0 Å². The summed E-state index contributed by atoms with van der Waals surface area (Å²) in [5.74, 6) is 0.175. The molecule has 2 nitrogen and oxygen atoms in total. The van der Waals surface area contributed by atoms with Crippen LogP contribution >= 0.6 is 0 Å². The second kappa shape index (κ2) is 5.87. The van der Waals surface area contributed by atoms with Crippen LogP contribution in [-0.2, 0) is 11.3 Å². The number of ether oxygens (including phenoxy) is 1. The second-order valence-electron chi connectivity index (χ2n) is 6.68. The fourth-order valence-corrected chi connectivity index (χ4v) is 1.57. The summed E-state index contributed by atoms with van der Waals surface area (Å²) in [6.45, 7) is 12.7. The molecule has 0 aliphatic carbocycles. The molecule has 0 amide bonds. The average Bonchev–Trinajstić information content (AvgIpc) is 2.35. The van der Waals surface area contributed by atoms with Gasteiger partial charge in [-0.3, -0.25) is 4.79 Å². The van der Waals surface area contributed by atoms with E-state index in [4.69, 9.17) is 4.74 Å². The Labute approximate surface area is 117 Å². The first-order valence-electron chi connectivity index (χ1n) is 6.93. The van der Waals surface area contributed by atoms with Crippen molar-refractivity contribution in [3.63, 3.8) is 0 Å². The molecule has 1 rings (SSSR count). The molecule has 2 heteroatoms. The highest BCUT2D eigenvalue weighted by Crippen LogP contribution is 2.22. The molecule has 0 atom stereocenters. The molecule has 1 aromatic carbocycles. The first-order valence-corrected chi connectivity index (χ1v) is 6.93. The molecular formula is C17H26O2. The van der Waals surface area contributed by atoms with E-state index in [1.165, 1.54) is 0 Å². The zero-order valence-electron chi connectivity index (χ0n) is 13.0. The lowest BCUT2D eigenvalue weighted by molar-refractivity contribution is -0.0316. The molecule has 106 valence electrons. The summed E-state index contributed by atoms with van der Waals surface area (Å²) >= 11 is 0. The Bertz CT molecular complexity index is 422. The van der Waals surface area contributed by atoms with Gasteiger partial charge >= 0.3 is 0 Å². The van der Waals surface area contributed by atoms with Gasteiger partial charge in [-0.05, 0) is 25.8 Å². The summed E-state index contributed by atoms with van der Waals surface area (Å²) in [4.78, 5) is 12.1. The first kappa shape index (κ1) is 15.9. The topological polar surface area (TPSA) is 26.3 Å². The molecule has 19 heavy (non-hydrogen) atoms. The minimum Gasteiger partial charge on any atom is -0.371 e. The van der Waals surface area contributed by atoms with Crippen LogP contribution in [-0.4, -0.2) is 11.4 Å². The van der Waals surface area contributed by atoms with Gasteiger partial charge in [0.25, 0.3) is 0 Å². The zero-order valence-corrected chi connectivity index (χ0v) is 13.0. The smallest absolute Gasteiger partial charge is 0.168 e. The van der Waals surface area contributed by atoms with Crippen LogP contribution in [0.25, 0.3) is 0 Å². The van der Waals surface area contributed by atoms with Gasteiger partial charge in [0.05, 0.1) is 12.2 Å². The van der Waals surface area contributed by atoms with E-state index >= 15 is 0 Å². The Morgan fingerprint density at radius 1 is 1.05 bits per heavy atom. The molecule has 0 bridgehead atoms. The second-order valence-corrected chi connectivity index (χ2v) is 6.68. The van der Waals surface area contributed by atoms with Gasteiger partial charge in [-0.2, -0.15) is 0 Å². The van der Waals surface area contributed by atoms with Crippen LogP contribution in [0.15, 0.2) is 24.3 Å². The Morgan fingerprint density at radius 2 is 1.58 bits per heavy atom. The summed E-state index contributed by atoms with van der Waals surface area (Å²) in [6, 6.07) is 7.74. The van der Waals surface area contributed by atoms with Crippen LogP contribution in [0.5, 0.6) is 0 Å². The normalized spacial score (nSPS) is 12.5. The molecule has 0 N–H and O–H groups in total. The highest BCUT2D eigenvalue weighted by atomic mass is 16.5. The molecule has 0 spiro atoms. The molecule has 0 aliphatic heterocycles. The van der Waals surface area contributed by atoms with Crippen LogP contribution in [0.3, 0.4) is 0 Å². The summed E-state index contributed by atoms with van der Waals surface area (Å²) in [7, 11) is 0. The standard InChI is InChI=1S/C17H26O2/c1-7-17(5,6)19-12-13-8-10-14(11-9-13)15(18)16(2,3)4/h8-11H,7,12H2,1-6H3. The average molecular weight is 262 g/mol. The van der Waals surface area contributed by atoms with E-state index < -0.39 is 0 Å². The number of hydrogen-bond donors (Lipinski definition) is 0. The van der Waals surface area contributed by atoms with Crippen molar-refractivity contribution < 1.29 is 9.53 Å². The third-order valence-corrected chi connectivity index (χ3v) is 3.38. The van der Waals surface area contributed by atoms with Gasteiger partial charge in [-0.25, -0.2) is 0 Å². The van der Waals surface area contributed by atoms with Crippen molar-refractivity contribution in [2.45, 2.75) is 60.2 Å². The lowest BCUT2D eigenvalue weighted by atomic mass is 9.86. The molecule has 0 saturated heterocycles. The van der Waals surface area contributed by atoms with E-state index in [-0.39, 0.29) is 16.8 Å². The minimum atomic E-state index is -0.331. The zero-order chi connectivity index (χ0) is 14.7. The highest BCUT2D eigenvalue weighted by molar-refractivity contribution is 5.99. The fourth-order valence-electron chi connectivity index (χ4n) is 1.57. The Balaban J connectivity index is 2.70. The van der Waals surface area contributed by atoms with E-state index in [9.17, 15) is 4.79 Å². The van der Waals surface area contributed by atoms with E-state index in [1.54, 1.807) is 0 Å². The third-order valence-electron chi connectivity index (χ3n) is 3.38. The van der Waals surface area contributed by atoms with Gasteiger partial charge in [0.1, 0.15) is 0 Å². The maximum Gasteiger partial charge on any atom is 0.168 e. The van der Waals surface area contributed by atoms with E-state index in [0.29, 0.717) is 6.61 Å². The molecule has 0 heterocycles. The number of ketones is 1. The number of hydrogen-bond acceptors (Lipinski definition) is 2. The lowest BCUT2D eigenvalue weighted by Crippen LogP contribution is -2.22. The molecule has 0 unspecified atom stereocenters. The maximum absolute atomic E-state index is 12.1. The maximum atomic E-state index is 12.1. The summed E-state index contributed by atoms with van der Waals surface area (Å²) < 4.78 is 5.85. The monoisotopic (exact) mass is 262 g/mol.